The molecule has 1 aromatic heterocycles. The van der Waals surface area contributed by atoms with Crippen LogP contribution in [0.1, 0.15) is 18.3 Å². The fourth-order valence-electron chi connectivity index (χ4n) is 3.23. The highest BCUT2D eigenvalue weighted by Gasteiger charge is 2.35. The summed E-state index contributed by atoms with van der Waals surface area (Å²) in [6, 6.07) is 0. The van der Waals surface area contributed by atoms with Gasteiger partial charge in [-0.2, -0.15) is 0 Å². The lowest BCUT2D eigenvalue weighted by Crippen LogP contribution is -2.41. The zero-order chi connectivity index (χ0) is 18.1. The molecule has 1 aromatic rings. The van der Waals surface area contributed by atoms with E-state index in [1.165, 1.54) is 6.08 Å². The van der Waals surface area contributed by atoms with Crippen molar-refractivity contribution in [3.8, 4) is 0 Å². The van der Waals surface area contributed by atoms with Gasteiger partial charge in [-0.3, -0.25) is 9.59 Å². The average molecular weight is 365 g/mol. The highest BCUT2D eigenvalue weighted by molar-refractivity contribution is 6.30. The van der Waals surface area contributed by atoms with Crippen LogP contribution in [0.3, 0.4) is 0 Å². The summed E-state index contributed by atoms with van der Waals surface area (Å²) in [6.45, 7) is 5.45. The standard InChI is InChI=1S/C17H21ClN4O3/c1-10(18)3-16(24)21-5-12-7-22(8-13(12)6-21)17(25)15(23)4-14-11(2)19-9-20-14/h3,9,15,23H,4-8H2,1-2H3,(H,19,20)/b10-3-. The lowest BCUT2D eigenvalue weighted by atomic mass is 10.1. The molecule has 0 saturated carbocycles. The number of amides is 2. The summed E-state index contributed by atoms with van der Waals surface area (Å²) in [7, 11) is 0. The molecule has 2 N–H and O–H groups in total. The summed E-state index contributed by atoms with van der Waals surface area (Å²) in [4.78, 5) is 34.9. The van der Waals surface area contributed by atoms with Gasteiger partial charge in [-0.1, -0.05) is 11.6 Å². The van der Waals surface area contributed by atoms with Gasteiger partial charge in [-0.25, -0.2) is 4.98 Å². The van der Waals surface area contributed by atoms with E-state index in [0.717, 1.165) is 16.8 Å². The van der Waals surface area contributed by atoms with Gasteiger partial charge in [0.05, 0.1) is 12.0 Å². The summed E-state index contributed by atoms with van der Waals surface area (Å²) in [5, 5.41) is 10.7. The number of carbonyl (C=O) groups is 2. The Balaban J connectivity index is 1.55. The van der Waals surface area contributed by atoms with Crippen molar-refractivity contribution in [2.24, 2.45) is 0 Å². The van der Waals surface area contributed by atoms with Gasteiger partial charge in [-0.05, 0) is 25.0 Å². The van der Waals surface area contributed by atoms with E-state index < -0.39 is 6.10 Å². The molecule has 7 nitrogen and oxygen atoms in total. The molecule has 3 rings (SSSR count). The number of hydrogen-bond acceptors (Lipinski definition) is 4. The molecule has 3 heterocycles. The van der Waals surface area contributed by atoms with Gasteiger partial charge in [0.1, 0.15) is 6.10 Å². The minimum Gasteiger partial charge on any atom is -0.383 e. The molecule has 2 aliphatic heterocycles. The first kappa shape index (κ1) is 17.7. The number of rotatable bonds is 4. The van der Waals surface area contributed by atoms with E-state index in [4.69, 9.17) is 11.6 Å². The third-order valence-corrected chi connectivity index (χ3v) is 4.69. The zero-order valence-corrected chi connectivity index (χ0v) is 15.0. The molecule has 0 aromatic carbocycles. The maximum atomic E-state index is 12.5. The Labute approximate surface area is 151 Å². The van der Waals surface area contributed by atoms with Gasteiger partial charge >= 0.3 is 0 Å². The van der Waals surface area contributed by atoms with E-state index >= 15 is 0 Å². The number of nitrogens with zero attached hydrogens (tertiary/aromatic N) is 3. The summed E-state index contributed by atoms with van der Waals surface area (Å²) >= 11 is 5.75. The van der Waals surface area contributed by atoms with Crippen LogP contribution >= 0.6 is 11.6 Å². The SMILES string of the molecule is C/C(Cl)=C/C(=O)N1CC2=C(C1)CN(C(=O)C(O)Cc1nc[nH]c1C)C2. The number of nitrogens with one attached hydrogen (secondary N) is 1. The van der Waals surface area contributed by atoms with E-state index in [9.17, 15) is 14.7 Å². The topological polar surface area (TPSA) is 89.5 Å². The summed E-state index contributed by atoms with van der Waals surface area (Å²) < 4.78 is 0. The van der Waals surface area contributed by atoms with Crippen molar-refractivity contribution in [1.29, 1.82) is 0 Å². The van der Waals surface area contributed by atoms with E-state index in [1.54, 1.807) is 23.1 Å². The van der Waals surface area contributed by atoms with Crippen LogP contribution < -0.4 is 0 Å². The first-order chi connectivity index (χ1) is 11.8. The number of carbonyl (C=O) groups excluding carboxylic acids is 2. The van der Waals surface area contributed by atoms with Crippen LogP contribution in [0.4, 0.5) is 0 Å². The lowest BCUT2D eigenvalue weighted by molar-refractivity contribution is -0.138. The first-order valence-corrected chi connectivity index (χ1v) is 8.51. The molecule has 0 fully saturated rings. The number of aliphatic hydroxyl groups is 1. The lowest BCUT2D eigenvalue weighted by Gasteiger charge is -2.24. The molecule has 0 radical (unpaired) electrons. The molecule has 1 atom stereocenters. The van der Waals surface area contributed by atoms with E-state index in [-0.39, 0.29) is 18.2 Å². The van der Waals surface area contributed by atoms with Crippen molar-refractivity contribution < 1.29 is 14.7 Å². The summed E-state index contributed by atoms with van der Waals surface area (Å²) in [6.07, 6.45) is 2.04. The third kappa shape index (κ3) is 3.77. The molecule has 1 unspecified atom stereocenters. The Morgan fingerprint density at radius 3 is 2.44 bits per heavy atom. The summed E-state index contributed by atoms with van der Waals surface area (Å²) in [5.41, 5.74) is 3.70. The number of imidazole rings is 1. The number of aliphatic hydroxyl groups excluding tert-OH is 1. The normalized spacial score (nSPS) is 18.8. The van der Waals surface area contributed by atoms with Crippen LogP contribution in [0.15, 0.2) is 28.6 Å². The summed E-state index contributed by atoms with van der Waals surface area (Å²) in [5.74, 6) is -0.417. The van der Waals surface area contributed by atoms with Crippen LogP contribution in [0.2, 0.25) is 0 Å². The van der Waals surface area contributed by atoms with Crippen LogP contribution in [0, 0.1) is 6.92 Å². The van der Waals surface area contributed by atoms with Crippen LogP contribution in [0.5, 0.6) is 0 Å². The maximum absolute atomic E-state index is 12.5. The Kier molecular flexibility index (Phi) is 4.96. The Morgan fingerprint density at radius 2 is 1.92 bits per heavy atom. The largest absolute Gasteiger partial charge is 0.383 e. The van der Waals surface area contributed by atoms with Crippen LogP contribution in [-0.4, -0.2) is 69.0 Å². The number of halogens is 1. The highest BCUT2D eigenvalue weighted by Crippen LogP contribution is 2.26. The van der Waals surface area contributed by atoms with Gasteiger partial charge in [0.15, 0.2) is 0 Å². The second kappa shape index (κ2) is 7.01. The number of H-pyrrole nitrogens is 1. The molecule has 25 heavy (non-hydrogen) atoms. The van der Waals surface area contributed by atoms with Gasteiger partial charge in [0.2, 0.25) is 5.91 Å². The van der Waals surface area contributed by atoms with Crippen molar-refractivity contribution in [3.05, 3.63) is 40.0 Å². The minimum absolute atomic E-state index is 0.117. The Morgan fingerprint density at radius 1 is 1.32 bits per heavy atom. The molecule has 134 valence electrons. The van der Waals surface area contributed by atoms with Crippen LogP contribution in [0.25, 0.3) is 0 Å². The second-order valence-electron chi connectivity index (χ2n) is 6.52. The maximum Gasteiger partial charge on any atom is 0.252 e. The van der Waals surface area contributed by atoms with Gasteiger partial charge in [-0.15, -0.1) is 0 Å². The van der Waals surface area contributed by atoms with Crippen molar-refractivity contribution in [2.75, 3.05) is 26.2 Å². The van der Waals surface area contributed by atoms with Gasteiger partial charge in [0, 0.05) is 49.4 Å². The predicted octanol–water partition coefficient (Wildman–Crippen LogP) is 0.745. The molecule has 0 spiro atoms. The smallest absolute Gasteiger partial charge is 0.252 e. The number of aromatic amines is 1. The van der Waals surface area contributed by atoms with E-state index in [0.29, 0.717) is 36.9 Å². The van der Waals surface area contributed by atoms with Crippen molar-refractivity contribution >= 4 is 23.4 Å². The Hall–Kier alpha value is -2.12. The van der Waals surface area contributed by atoms with E-state index in [1.807, 2.05) is 6.92 Å². The number of aryl methyl sites for hydroxylation is 1. The third-order valence-electron chi connectivity index (χ3n) is 4.58. The molecule has 0 aliphatic carbocycles. The predicted molar refractivity (Wildman–Crippen MR) is 92.8 cm³/mol. The second-order valence-corrected chi connectivity index (χ2v) is 7.12. The monoisotopic (exact) mass is 364 g/mol. The average Bonchev–Trinajstić information content (AvgIpc) is 3.20. The van der Waals surface area contributed by atoms with E-state index in [2.05, 4.69) is 9.97 Å². The van der Waals surface area contributed by atoms with Gasteiger partial charge in [0.25, 0.3) is 5.91 Å². The molecule has 0 saturated heterocycles. The fraction of sp³-hybridized carbons (Fsp3) is 0.471. The molecule has 8 heteroatoms. The Bertz CT molecular complexity index is 746. The quantitative estimate of drug-likeness (QED) is 0.609. The minimum atomic E-state index is -1.11. The fourth-order valence-corrected chi connectivity index (χ4v) is 3.32. The number of aromatic nitrogens is 2. The number of allylic oxidation sites excluding steroid dienone is 1. The van der Waals surface area contributed by atoms with Crippen molar-refractivity contribution in [2.45, 2.75) is 26.4 Å². The molecular weight excluding hydrogens is 344 g/mol. The first-order valence-electron chi connectivity index (χ1n) is 8.13. The molecule has 2 aliphatic rings. The zero-order valence-electron chi connectivity index (χ0n) is 14.3. The molecule has 0 bridgehead atoms. The van der Waals surface area contributed by atoms with Crippen molar-refractivity contribution in [3.63, 3.8) is 0 Å². The molecular formula is C17H21ClN4O3. The van der Waals surface area contributed by atoms with Gasteiger partial charge < -0.3 is 19.9 Å². The highest BCUT2D eigenvalue weighted by atomic mass is 35.5. The number of hydrogen-bond donors (Lipinski definition) is 2. The molecule has 2 amide bonds. The van der Waals surface area contributed by atoms with Crippen LogP contribution in [-0.2, 0) is 16.0 Å². The van der Waals surface area contributed by atoms with Crippen molar-refractivity contribution in [1.82, 2.24) is 19.8 Å².